The Morgan fingerprint density at radius 3 is 2.29 bits per heavy atom. The van der Waals surface area contributed by atoms with Crippen molar-refractivity contribution in [3.63, 3.8) is 0 Å². The number of carbonyl (C=O) groups is 1. The molecule has 0 rings (SSSR count). The van der Waals surface area contributed by atoms with Crippen LogP contribution in [-0.2, 0) is 0 Å². The van der Waals surface area contributed by atoms with Crippen molar-refractivity contribution in [3.05, 3.63) is 0 Å². The van der Waals surface area contributed by atoms with Crippen molar-refractivity contribution in [2.24, 2.45) is 0 Å². The molecule has 0 spiro atoms. The molecule has 0 bridgehead atoms. The summed E-state index contributed by atoms with van der Waals surface area (Å²) in [5.74, 6) is 0. The Bertz CT molecular complexity index is 56.9. The summed E-state index contributed by atoms with van der Waals surface area (Å²) in [5.41, 5.74) is 0. The van der Waals surface area contributed by atoms with Crippen molar-refractivity contribution in [1.82, 2.24) is 11.5 Å². The van der Waals surface area contributed by atoms with Crippen molar-refractivity contribution in [2.75, 3.05) is 6.54 Å². The van der Waals surface area contributed by atoms with Gasteiger partial charge >= 0.3 is 0 Å². The van der Waals surface area contributed by atoms with Crippen LogP contribution in [0.3, 0.4) is 0 Å². The highest BCUT2D eigenvalue weighted by Gasteiger charge is 1.80. The Morgan fingerprint density at radius 2 is 2.29 bits per heavy atom. The maximum absolute atomic E-state index is 9.80. The molecule has 0 fully saturated rings. The predicted molar refractivity (Wildman–Crippen MR) is 33.1 cm³/mol. The molecule has 0 aromatic heterocycles. The highest BCUT2D eigenvalue weighted by Crippen LogP contribution is 1.70. The topological polar surface area (TPSA) is 64.1 Å². The minimum atomic E-state index is -0.266. The molecule has 0 heterocycles. The maximum atomic E-state index is 9.80. The van der Waals surface area contributed by atoms with Gasteiger partial charge in [0.1, 0.15) is 0 Å². The molecule has 44 valence electrons. The number of hydrogen-bond acceptors (Lipinski definition) is 2. The summed E-state index contributed by atoms with van der Waals surface area (Å²) < 4.78 is 0. The van der Waals surface area contributed by atoms with E-state index in [-0.39, 0.29) is 11.4 Å². The van der Waals surface area contributed by atoms with Crippen molar-refractivity contribution >= 4 is 17.9 Å². The van der Waals surface area contributed by atoms with E-state index < -0.39 is 0 Å². The van der Waals surface area contributed by atoms with Crippen LogP contribution in [0.2, 0.25) is 0 Å². The van der Waals surface area contributed by atoms with Crippen LogP contribution in [0, 0.1) is 0 Å². The van der Waals surface area contributed by atoms with Crippen LogP contribution >= 0.6 is 12.6 Å². The molecule has 0 atom stereocenters. The lowest BCUT2D eigenvalue weighted by molar-refractivity contribution is 0.261. The summed E-state index contributed by atoms with van der Waals surface area (Å²) in [6, 6.07) is 0. The highest BCUT2D eigenvalue weighted by molar-refractivity contribution is 7.96. The molecule has 0 aromatic rings. The van der Waals surface area contributed by atoms with Gasteiger partial charge in [0.05, 0.1) is 0 Å². The number of rotatable bonds is 1. The fourth-order valence-electron chi connectivity index (χ4n) is 0.151. The molecule has 0 saturated carbocycles. The van der Waals surface area contributed by atoms with E-state index >= 15 is 0 Å². The quantitative estimate of drug-likeness (QED) is 0.450. The van der Waals surface area contributed by atoms with Crippen molar-refractivity contribution < 1.29 is 4.79 Å². The van der Waals surface area contributed by atoms with E-state index in [1.807, 2.05) is 6.92 Å². The normalized spacial score (nSPS) is 6.57. The Labute approximate surface area is 48.5 Å². The Kier molecular flexibility index (Phi) is 8.19. The molecular weight excluding hydrogens is 112 g/mol. The second-order valence-corrected chi connectivity index (χ2v) is 1.24. The van der Waals surface area contributed by atoms with Gasteiger partial charge < -0.3 is 11.5 Å². The molecule has 3 nitrogen and oxygen atoms in total. The molecule has 0 saturated heterocycles. The number of thiol groups is 1. The molecule has 4 heteroatoms. The van der Waals surface area contributed by atoms with Crippen molar-refractivity contribution in [3.8, 4) is 0 Å². The fourth-order valence-corrected chi connectivity index (χ4v) is 0.309. The summed E-state index contributed by atoms with van der Waals surface area (Å²) in [5, 5.41) is 2.17. The van der Waals surface area contributed by atoms with E-state index in [0.717, 1.165) is 0 Å². The van der Waals surface area contributed by atoms with Crippen LogP contribution in [0.25, 0.3) is 0 Å². The first-order valence-corrected chi connectivity index (χ1v) is 2.19. The summed E-state index contributed by atoms with van der Waals surface area (Å²) in [7, 11) is 0. The second kappa shape index (κ2) is 5.78. The van der Waals surface area contributed by atoms with Crippen LogP contribution in [0.4, 0.5) is 4.79 Å². The van der Waals surface area contributed by atoms with Crippen LogP contribution in [0.15, 0.2) is 0 Å². The van der Waals surface area contributed by atoms with E-state index in [4.69, 9.17) is 0 Å². The maximum Gasteiger partial charge on any atom is 0.275 e. The van der Waals surface area contributed by atoms with E-state index in [1.165, 1.54) is 0 Å². The Balaban J connectivity index is 0. The van der Waals surface area contributed by atoms with Gasteiger partial charge in [-0.05, 0) is 6.92 Å². The lowest BCUT2D eigenvalue weighted by atomic mass is 10.8. The first kappa shape index (κ1) is 9.91. The third kappa shape index (κ3) is 10.7. The molecule has 4 N–H and O–H groups in total. The van der Waals surface area contributed by atoms with Crippen LogP contribution in [0.1, 0.15) is 6.92 Å². The van der Waals surface area contributed by atoms with Crippen molar-refractivity contribution in [1.29, 1.82) is 0 Å². The first-order chi connectivity index (χ1) is 2.77. The Hall–Kier alpha value is -0.220. The zero-order valence-electron chi connectivity index (χ0n) is 4.27. The number of carbonyl (C=O) groups excluding carboxylic acids is 1. The summed E-state index contributed by atoms with van der Waals surface area (Å²) in [4.78, 5) is 9.80. The average molecular weight is 122 g/mol. The third-order valence-electron chi connectivity index (χ3n) is 0.328. The van der Waals surface area contributed by atoms with E-state index in [0.29, 0.717) is 6.54 Å². The molecule has 7 heavy (non-hydrogen) atoms. The molecule has 0 aromatic carbocycles. The third-order valence-corrected chi connectivity index (χ3v) is 0.486. The summed E-state index contributed by atoms with van der Waals surface area (Å²) in [6.07, 6.45) is 0. The standard InChI is InChI=1S/C3H7NOS.H3N/c1-2-4-3(5)6;/h2H2,1H3,(H2,4,5,6);1H3. The lowest BCUT2D eigenvalue weighted by Gasteiger charge is -1.87. The monoisotopic (exact) mass is 122 g/mol. The molecule has 0 unspecified atom stereocenters. The van der Waals surface area contributed by atoms with Crippen LogP contribution < -0.4 is 11.5 Å². The van der Waals surface area contributed by atoms with Gasteiger partial charge in [0, 0.05) is 6.54 Å². The molecule has 0 radical (unpaired) electrons. The SMILES string of the molecule is CCNC(=O)S.N. The Morgan fingerprint density at radius 1 is 1.86 bits per heavy atom. The second-order valence-electron chi connectivity index (χ2n) is 0.835. The van der Waals surface area contributed by atoms with Gasteiger partial charge in [0.25, 0.3) is 5.24 Å². The number of amides is 1. The van der Waals surface area contributed by atoms with Gasteiger partial charge in [-0.15, -0.1) is 0 Å². The zero-order valence-corrected chi connectivity index (χ0v) is 5.16. The predicted octanol–water partition coefficient (Wildman–Crippen LogP) is 0.808. The van der Waals surface area contributed by atoms with Gasteiger partial charge in [-0.1, -0.05) is 12.6 Å². The summed E-state index contributed by atoms with van der Waals surface area (Å²) >= 11 is 3.43. The molecular formula is C3H10N2OS. The fraction of sp³-hybridized carbons (Fsp3) is 0.667. The number of nitrogens with one attached hydrogen (secondary N) is 1. The van der Waals surface area contributed by atoms with Gasteiger partial charge in [0.15, 0.2) is 0 Å². The lowest BCUT2D eigenvalue weighted by Crippen LogP contribution is -2.14. The van der Waals surface area contributed by atoms with Gasteiger partial charge in [-0.3, -0.25) is 4.79 Å². The first-order valence-electron chi connectivity index (χ1n) is 1.74. The minimum absolute atomic E-state index is 0. The average Bonchev–Trinajstić information content (AvgIpc) is 1.35. The largest absolute Gasteiger partial charge is 0.347 e. The van der Waals surface area contributed by atoms with Gasteiger partial charge in [-0.25, -0.2) is 0 Å². The molecule has 0 aliphatic heterocycles. The van der Waals surface area contributed by atoms with E-state index in [9.17, 15) is 4.79 Å². The van der Waals surface area contributed by atoms with Crippen molar-refractivity contribution in [2.45, 2.75) is 6.92 Å². The minimum Gasteiger partial charge on any atom is -0.347 e. The number of hydrogen-bond donors (Lipinski definition) is 3. The smallest absolute Gasteiger partial charge is 0.275 e. The molecule has 0 aliphatic rings. The van der Waals surface area contributed by atoms with Gasteiger partial charge in [-0.2, -0.15) is 0 Å². The van der Waals surface area contributed by atoms with E-state index in [1.54, 1.807) is 0 Å². The van der Waals surface area contributed by atoms with Gasteiger partial charge in [0.2, 0.25) is 0 Å². The van der Waals surface area contributed by atoms with E-state index in [2.05, 4.69) is 17.9 Å². The highest BCUT2D eigenvalue weighted by atomic mass is 32.1. The summed E-state index contributed by atoms with van der Waals surface area (Å²) in [6.45, 7) is 2.50. The molecule has 1 amide bonds. The molecule has 0 aliphatic carbocycles. The zero-order chi connectivity index (χ0) is 4.99. The van der Waals surface area contributed by atoms with Crippen LogP contribution in [0.5, 0.6) is 0 Å². The van der Waals surface area contributed by atoms with Crippen LogP contribution in [-0.4, -0.2) is 11.8 Å².